The minimum Gasteiger partial charge on any atom is -0.467 e. The predicted molar refractivity (Wildman–Crippen MR) is 72.1 cm³/mol. The van der Waals surface area contributed by atoms with Crippen LogP contribution in [-0.2, 0) is 11.0 Å². The van der Waals surface area contributed by atoms with Crippen molar-refractivity contribution in [1.29, 1.82) is 0 Å². The fraction of sp³-hybridized carbons (Fsp3) is 0.643. The number of amides is 1. The maximum Gasteiger partial charge on any atom is 0.451 e. The van der Waals surface area contributed by atoms with Gasteiger partial charge in [-0.05, 0) is 18.3 Å². The third-order valence-electron chi connectivity index (χ3n) is 3.45. The van der Waals surface area contributed by atoms with Crippen molar-refractivity contribution in [3.8, 4) is 5.88 Å². The Morgan fingerprint density at radius 1 is 1.36 bits per heavy atom. The number of ether oxygens (including phenoxy) is 1. The molecule has 0 N–H and O–H groups in total. The van der Waals surface area contributed by atoms with E-state index in [0.29, 0.717) is 24.9 Å². The molecule has 5 nitrogen and oxygen atoms in total. The van der Waals surface area contributed by atoms with Crippen molar-refractivity contribution in [2.45, 2.75) is 26.4 Å². The number of hydrogen-bond donors (Lipinski definition) is 0. The van der Waals surface area contributed by atoms with E-state index < -0.39 is 12.0 Å². The Balaban J connectivity index is 1.94. The number of piperidine rings is 1. The molecule has 2 rings (SSSR count). The van der Waals surface area contributed by atoms with Crippen LogP contribution in [0.15, 0.2) is 12.3 Å². The molecular formula is C14H18F3N3O2. The van der Waals surface area contributed by atoms with Crippen LogP contribution in [0.5, 0.6) is 5.88 Å². The molecule has 1 aromatic rings. The molecule has 22 heavy (non-hydrogen) atoms. The normalized spacial score (nSPS) is 22.5. The predicted octanol–water partition coefficient (Wildman–Crippen LogP) is 2.38. The molecule has 1 aromatic heterocycles. The summed E-state index contributed by atoms with van der Waals surface area (Å²) in [6, 6.07) is 1.20. The standard InChI is InChI=1S/C14H18F3N3O2/c1-9-5-10(2)7-20(6-9)12(21)8-22-11-3-4-18-13(19-11)14(15,16)17/h3-4,9-10H,5-8H2,1-2H3. The van der Waals surface area contributed by atoms with E-state index in [2.05, 4.69) is 23.8 Å². The van der Waals surface area contributed by atoms with Gasteiger partial charge in [-0.25, -0.2) is 4.98 Å². The number of alkyl halides is 3. The summed E-state index contributed by atoms with van der Waals surface area (Å²) in [7, 11) is 0. The average molecular weight is 317 g/mol. The van der Waals surface area contributed by atoms with Crippen LogP contribution >= 0.6 is 0 Å². The van der Waals surface area contributed by atoms with Crippen LogP contribution in [0.25, 0.3) is 0 Å². The number of carbonyl (C=O) groups excluding carboxylic acids is 1. The van der Waals surface area contributed by atoms with Crippen LogP contribution in [0.3, 0.4) is 0 Å². The zero-order valence-corrected chi connectivity index (χ0v) is 12.4. The van der Waals surface area contributed by atoms with Gasteiger partial charge in [0.05, 0.1) is 0 Å². The molecule has 122 valence electrons. The monoisotopic (exact) mass is 317 g/mol. The number of carbonyl (C=O) groups is 1. The first-order valence-corrected chi connectivity index (χ1v) is 7.06. The van der Waals surface area contributed by atoms with Gasteiger partial charge in [-0.15, -0.1) is 0 Å². The van der Waals surface area contributed by atoms with Gasteiger partial charge in [0.25, 0.3) is 5.91 Å². The molecule has 0 spiro atoms. The van der Waals surface area contributed by atoms with Crippen LogP contribution in [0.1, 0.15) is 26.1 Å². The molecule has 0 bridgehead atoms. The second kappa shape index (κ2) is 6.50. The molecule has 2 unspecified atom stereocenters. The molecule has 1 saturated heterocycles. The lowest BCUT2D eigenvalue weighted by Gasteiger charge is -2.34. The highest BCUT2D eigenvalue weighted by atomic mass is 19.4. The summed E-state index contributed by atoms with van der Waals surface area (Å²) in [6.45, 7) is 5.09. The quantitative estimate of drug-likeness (QED) is 0.859. The largest absolute Gasteiger partial charge is 0.467 e. The molecule has 0 aliphatic carbocycles. The van der Waals surface area contributed by atoms with E-state index in [1.165, 1.54) is 6.07 Å². The first kappa shape index (κ1) is 16.5. The van der Waals surface area contributed by atoms with E-state index in [9.17, 15) is 18.0 Å². The summed E-state index contributed by atoms with van der Waals surface area (Å²) in [4.78, 5) is 20.2. The van der Waals surface area contributed by atoms with Crippen molar-refractivity contribution in [2.24, 2.45) is 11.8 Å². The Labute approximate surface area is 126 Å². The Kier molecular flexibility index (Phi) is 4.87. The summed E-state index contributed by atoms with van der Waals surface area (Å²) < 4.78 is 42.5. The molecule has 0 radical (unpaired) electrons. The molecule has 0 saturated carbocycles. The van der Waals surface area contributed by atoms with Crippen LogP contribution in [0.4, 0.5) is 13.2 Å². The molecule has 1 fully saturated rings. The van der Waals surface area contributed by atoms with Gasteiger partial charge < -0.3 is 9.64 Å². The van der Waals surface area contributed by atoms with E-state index in [4.69, 9.17) is 4.74 Å². The van der Waals surface area contributed by atoms with E-state index in [1.54, 1.807) is 4.90 Å². The zero-order chi connectivity index (χ0) is 16.3. The average Bonchev–Trinajstić information content (AvgIpc) is 2.43. The molecule has 1 aliphatic heterocycles. The zero-order valence-electron chi connectivity index (χ0n) is 12.4. The topological polar surface area (TPSA) is 55.3 Å². The van der Waals surface area contributed by atoms with Gasteiger partial charge in [0, 0.05) is 25.4 Å². The molecule has 0 aromatic carbocycles. The summed E-state index contributed by atoms with van der Waals surface area (Å²) in [5.41, 5.74) is 0. The third kappa shape index (κ3) is 4.32. The Bertz CT molecular complexity index is 526. The highest BCUT2D eigenvalue weighted by molar-refractivity contribution is 5.77. The van der Waals surface area contributed by atoms with E-state index in [0.717, 1.165) is 12.6 Å². The van der Waals surface area contributed by atoms with Crippen molar-refractivity contribution < 1.29 is 22.7 Å². The van der Waals surface area contributed by atoms with Gasteiger partial charge in [-0.1, -0.05) is 13.8 Å². The van der Waals surface area contributed by atoms with Gasteiger partial charge >= 0.3 is 6.18 Å². The van der Waals surface area contributed by atoms with Crippen molar-refractivity contribution >= 4 is 5.91 Å². The Morgan fingerprint density at radius 3 is 2.59 bits per heavy atom. The lowest BCUT2D eigenvalue weighted by atomic mass is 9.92. The Morgan fingerprint density at radius 2 is 2.00 bits per heavy atom. The van der Waals surface area contributed by atoms with Crippen molar-refractivity contribution in [3.05, 3.63) is 18.1 Å². The summed E-state index contributed by atoms with van der Waals surface area (Å²) >= 11 is 0. The first-order chi connectivity index (χ1) is 10.3. The fourth-order valence-electron chi connectivity index (χ4n) is 2.65. The maximum atomic E-state index is 12.5. The van der Waals surface area contributed by atoms with E-state index in [-0.39, 0.29) is 18.4 Å². The van der Waals surface area contributed by atoms with Crippen LogP contribution < -0.4 is 4.74 Å². The number of aromatic nitrogens is 2. The minimum atomic E-state index is -4.64. The van der Waals surface area contributed by atoms with Crippen molar-refractivity contribution in [1.82, 2.24) is 14.9 Å². The SMILES string of the molecule is CC1CC(C)CN(C(=O)COc2ccnc(C(F)(F)F)n2)C1. The third-order valence-corrected chi connectivity index (χ3v) is 3.45. The van der Waals surface area contributed by atoms with Crippen molar-refractivity contribution in [3.63, 3.8) is 0 Å². The van der Waals surface area contributed by atoms with Crippen LogP contribution in [0, 0.1) is 11.8 Å². The van der Waals surface area contributed by atoms with Crippen LogP contribution in [0.2, 0.25) is 0 Å². The summed E-state index contributed by atoms with van der Waals surface area (Å²) in [5, 5.41) is 0. The molecule has 8 heteroatoms. The van der Waals surface area contributed by atoms with Gasteiger partial charge in [0.15, 0.2) is 6.61 Å². The van der Waals surface area contributed by atoms with Crippen molar-refractivity contribution in [2.75, 3.05) is 19.7 Å². The smallest absolute Gasteiger partial charge is 0.451 e. The summed E-state index contributed by atoms with van der Waals surface area (Å²) in [6.07, 6.45) is -2.62. The number of hydrogen-bond acceptors (Lipinski definition) is 4. The number of likely N-dealkylation sites (tertiary alicyclic amines) is 1. The van der Waals surface area contributed by atoms with E-state index >= 15 is 0 Å². The summed E-state index contributed by atoms with van der Waals surface area (Å²) in [5.74, 6) is -0.968. The second-order valence-electron chi connectivity index (χ2n) is 5.75. The van der Waals surface area contributed by atoms with Gasteiger partial charge in [0.1, 0.15) is 0 Å². The van der Waals surface area contributed by atoms with Gasteiger partial charge in [0.2, 0.25) is 11.7 Å². The lowest BCUT2D eigenvalue weighted by Crippen LogP contribution is -2.44. The Hall–Kier alpha value is -1.86. The number of nitrogens with zero attached hydrogens (tertiary/aromatic N) is 3. The van der Waals surface area contributed by atoms with Gasteiger partial charge in [-0.3, -0.25) is 4.79 Å². The molecule has 1 amide bonds. The number of halogens is 3. The molecule has 2 heterocycles. The fourth-order valence-corrected chi connectivity index (χ4v) is 2.65. The highest BCUT2D eigenvalue weighted by Crippen LogP contribution is 2.26. The highest BCUT2D eigenvalue weighted by Gasteiger charge is 2.35. The molecule has 1 aliphatic rings. The molecule has 2 atom stereocenters. The van der Waals surface area contributed by atoms with E-state index in [1.807, 2.05) is 0 Å². The van der Waals surface area contributed by atoms with Gasteiger partial charge in [-0.2, -0.15) is 18.2 Å². The lowest BCUT2D eigenvalue weighted by molar-refractivity contribution is -0.145. The maximum absolute atomic E-state index is 12.5. The first-order valence-electron chi connectivity index (χ1n) is 7.06. The number of rotatable bonds is 3. The van der Waals surface area contributed by atoms with Crippen LogP contribution in [-0.4, -0.2) is 40.5 Å². The second-order valence-corrected chi connectivity index (χ2v) is 5.75. The molecular weight excluding hydrogens is 299 g/mol. The minimum absolute atomic E-state index is 0.245.